The number of halogens is 2. The van der Waals surface area contributed by atoms with Crippen molar-refractivity contribution in [3.63, 3.8) is 0 Å². The molecular weight excluding hydrogens is 411 g/mol. The van der Waals surface area contributed by atoms with Crippen molar-refractivity contribution in [3.8, 4) is 5.69 Å². The number of carbonyl (C=O) groups is 1. The molecule has 0 aliphatic carbocycles. The van der Waals surface area contributed by atoms with Gasteiger partial charge in [0.05, 0.1) is 5.69 Å². The minimum Gasteiger partial charge on any atom is -0.381 e. The van der Waals surface area contributed by atoms with Crippen molar-refractivity contribution in [1.82, 2.24) is 20.1 Å². The van der Waals surface area contributed by atoms with Gasteiger partial charge in [0.25, 0.3) is 5.91 Å². The van der Waals surface area contributed by atoms with E-state index in [1.165, 1.54) is 6.33 Å². The van der Waals surface area contributed by atoms with Crippen molar-refractivity contribution >= 4 is 29.1 Å². The van der Waals surface area contributed by atoms with Gasteiger partial charge in [-0.1, -0.05) is 29.3 Å². The Labute approximate surface area is 178 Å². The molecule has 0 atom stereocenters. The van der Waals surface area contributed by atoms with Crippen molar-refractivity contribution in [1.29, 1.82) is 0 Å². The Morgan fingerprint density at radius 3 is 2.55 bits per heavy atom. The molecule has 1 aliphatic rings. The van der Waals surface area contributed by atoms with Crippen LogP contribution in [0.15, 0.2) is 55.1 Å². The minimum absolute atomic E-state index is 0.133. The first-order valence-corrected chi connectivity index (χ1v) is 10.1. The molecule has 1 saturated heterocycles. The van der Waals surface area contributed by atoms with Crippen molar-refractivity contribution in [2.75, 3.05) is 19.8 Å². The Morgan fingerprint density at radius 2 is 1.90 bits per heavy atom. The Morgan fingerprint density at radius 1 is 1.14 bits per heavy atom. The molecule has 29 heavy (non-hydrogen) atoms. The molecule has 1 aliphatic heterocycles. The molecule has 1 N–H and O–H groups in total. The molecule has 0 saturated carbocycles. The number of hydrogen-bond donors (Lipinski definition) is 1. The second-order valence-electron chi connectivity index (χ2n) is 7.09. The van der Waals surface area contributed by atoms with Crippen LogP contribution in [0.2, 0.25) is 10.0 Å². The maximum absolute atomic E-state index is 12.8. The first-order valence-electron chi connectivity index (χ1n) is 9.34. The van der Waals surface area contributed by atoms with Crippen LogP contribution in [0.4, 0.5) is 0 Å². The standard InChI is InChI=1S/C21H20Cl2N4O2/c22-16-3-6-18(19(23)11-16)21(7-9-29-10-8-21)12-25-20(28)15-1-4-17(5-2-15)27-14-24-13-26-27/h1-6,11,13-14H,7-10,12H2,(H,25,28). The molecule has 6 nitrogen and oxygen atoms in total. The first kappa shape index (κ1) is 19.9. The zero-order chi connectivity index (χ0) is 20.3. The lowest BCUT2D eigenvalue weighted by Crippen LogP contribution is -2.44. The van der Waals surface area contributed by atoms with Crippen LogP contribution in [0.25, 0.3) is 5.69 Å². The van der Waals surface area contributed by atoms with Gasteiger partial charge in [-0.3, -0.25) is 4.79 Å². The summed E-state index contributed by atoms with van der Waals surface area (Å²) in [6.45, 7) is 1.73. The lowest BCUT2D eigenvalue weighted by Gasteiger charge is -2.38. The summed E-state index contributed by atoms with van der Waals surface area (Å²) in [6, 6.07) is 12.8. The van der Waals surface area contributed by atoms with Crippen molar-refractivity contribution in [2.24, 2.45) is 0 Å². The van der Waals surface area contributed by atoms with Crippen molar-refractivity contribution in [3.05, 3.63) is 76.3 Å². The van der Waals surface area contributed by atoms with E-state index in [1.807, 2.05) is 24.3 Å². The molecule has 1 aromatic heterocycles. The van der Waals surface area contributed by atoms with Gasteiger partial charge in [0.2, 0.25) is 0 Å². The van der Waals surface area contributed by atoms with Gasteiger partial charge < -0.3 is 10.1 Å². The average Bonchev–Trinajstić information content (AvgIpc) is 3.28. The van der Waals surface area contributed by atoms with Crippen LogP contribution >= 0.6 is 23.2 Å². The van der Waals surface area contributed by atoms with Gasteiger partial charge >= 0.3 is 0 Å². The van der Waals surface area contributed by atoms with Crippen molar-refractivity contribution < 1.29 is 9.53 Å². The van der Waals surface area contributed by atoms with Crippen LogP contribution in [0.1, 0.15) is 28.8 Å². The Hall–Kier alpha value is -2.41. The number of hydrogen-bond acceptors (Lipinski definition) is 4. The van der Waals surface area contributed by atoms with E-state index >= 15 is 0 Å². The van der Waals surface area contributed by atoms with Gasteiger partial charge in [-0.15, -0.1) is 0 Å². The van der Waals surface area contributed by atoms with Gasteiger partial charge in [-0.25, -0.2) is 9.67 Å². The van der Waals surface area contributed by atoms with Gasteiger partial charge in [0.15, 0.2) is 0 Å². The average molecular weight is 431 g/mol. The molecule has 1 fully saturated rings. The third-order valence-corrected chi connectivity index (χ3v) is 5.90. The lowest BCUT2D eigenvalue weighted by atomic mass is 9.74. The summed E-state index contributed by atoms with van der Waals surface area (Å²) in [5, 5.41) is 8.38. The monoisotopic (exact) mass is 430 g/mol. The fraction of sp³-hybridized carbons (Fsp3) is 0.286. The van der Waals surface area contributed by atoms with Crippen LogP contribution in [0.3, 0.4) is 0 Å². The summed E-state index contributed by atoms with van der Waals surface area (Å²) in [7, 11) is 0. The molecule has 2 aromatic carbocycles. The number of amides is 1. The van der Waals surface area contributed by atoms with E-state index in [0.717, 1.165) is 24.1 Å². The second-order valence-corrected chi connectivity index (χ2v) is 7.93. The molecular formula is C21H20Cl2N4O2. The van der Waals surface area contributed by atoms with Crippen LogP contribution in [0, 0.1) is 0 Å². The molecule has 1 amide bonds. The first-order chi connectivity index (χ1) is 14.1. The summed E-state index contributed by atoms with van der Waals surface area (Å²) in [6.07, 6.45) is 4.63. The number of nitrogens with one attached hydrogen (secondary N) is 1. The molecule has 0 unspecified atom stereocenters. The number of nitrogens with zero attached hydrogens (tertiary/aromatic N) is 3. The summed E-state index contributed by atoms with van der Waals surface area (Å²) < 4.78 is 7.19. The maximum atomic E-state index is 12.8. The van der Waals surface area contributed by atoms with Gasteiger partial charge in [-0.2, -0.15) is 5.10 Å². The molecule has 0 radical (unpaired) electrons. The molecule has 2 heterocycles. The van der Waals surface area contributed by atoms with Gasteiger partial charge in [0.1, 0.15) is 12.7 Å². The van der Waals surface area contributed by atoms with Crippen LogP contribution in [-0.2, 0) is 10.2 Å². The van der Waals surface area contributed by atoms with E-state index in [0.29, 0.717) is 35.4 Å². The Kier molecular flexibility index (Phi) is 5.85. The van der Waals surface area contributed by atoms with Crippen LogP contribution in [-0.4, -0.2) is 40.4 Å². The van der Waals surface area contributed by atoms with Crippen LogP contribution in [0.5, 0.6) is 0 Å². The van der Waals surface area contributed by atoms with Crippen LogP contribution < -0.4 is 5.32 Å². The molecule has 150 valence electrons. The quantitative estimate of drug-likeness (QED) is 0.662. The predicted octanol–water partition coefficient (Wildman–Crippen LogP) is 4.05. The summed E-state index contributed by atoms with van der Waals surface area (Å²) in [5.41, 5.74) is 2.14. The third kappa shape index (κ3) is 4.29. The Balaban J connectivity index is 1.51. The lowest BCUT2D eigenvalue weighted by molar-refractivity contribution is 0.0487. The molecule has 8 heteroatoms. The van der Waals surface area contributed by atoms with E-state index in [4.69, 9.17) is 27.9 Å². The van der Waals surface area contributed by atoms with E-state index in [2.05, 4.69) is 15.4 Å². The highest BCUT2D eigenvalue weighted by molar-refractivity contribution is 6.35. The molecule has 4 rings (SSSR count). The molecule has 0 spiro atoms. The SMILES string of the molecule is O=C(NCC1(c2ccc(Cl)cc2Cl)CCOCC1)c1ccc(-n2cncn2)cc1. The van der Waals surface area contributed by atoms with E-state index in [-0.39, 0.29) is 11.3 Å². The van der Waals surface area contributed by atoms with E-state index in [9.17, 15) is 4.79 Å². The van der Waals surface area contributed by atoms with Gasteiger partial charge in [0, 0.05) is 40.8 Å². The fourth-order valence-corrected chi connectivity index (χ4v) is 4.29. The number of aromatic nitrogens is 3. The maximum Gasteiger partial charge on any atom is 0.251 e. The van der Waals surface area contributed by atoms with E-state index < -0.39 is 0 Å². The summed E-state index contributed by atoms with van der Waals surface area (Å²) in [5.74, 6) is -0.133. The minimum atomic E-state index is -0.281. The largest absolute Gasteiger partial charge is 0.381 e. The highest BCUT2D eigenvalue weighted by atomic mass is 35.5. The van der Waals surface area contributed by atoms with Crippen molar-refractivity contribution in [2.45, 2.75) is 18.3 Å². The summed E-state index contributed by atoms with van der Waals surface area (Å²) in [4.78, 5) is 16.7. The second kappa shape index (κ2) is 8.53. The normalized spacial score (nSPS) is 15.8. The number of rotatable bonds is 5. The zero-order valence-corrected chi connectivity index (χ0v) is 17.2. The predicted molar refractivity (Wildman–Crippen MR) is 112 cm³/mol. The third-order valence-electron chi connectivity index (χ3n) is 5.35. The number of carbonyl (C=O) groups excluding carboxylic acids is 1. The smallest absolute Gasteiger partial charge is 0.251 e. The highest BCUT2D eigenvalue weighted by Crippen LogP contribution is 2.39. The Bertz CT molecular complexity index is 984. The highest BCUT2D eigenvalue weighted by Gasteiger charge is 2.36. The fourth-order valence-electron chi connectivity index (χ4n) is 3.68. The van der Waals surface area contributed by atoms with E-state index in [1.54, 1.807) is 29.2 Å². The topological polar surface area (TPSA) is 69.0 Å². The molecule has 3 aromatic rings. The number of ether oxygens (including phenoxy) is 1. The van der Waals surface area contributed by atoms with Gasteiger partial charge in [-0.05, 0) is 54.8 Å². The molecule has 0 bridgehead atoms. The summed E-state index contributed by atoms with van der Waals surface area (Å²) >= 11 is 12.6. The zero-order valence-electron chi connectivity index (χ0n) is 15.6. The number of benzene rings is 2.